The van der Waals surface area contributed by atoms with Crippen molar-refractivity contribution >= 4 is 17.4 Å². The molecule has 3 rings (SSSR count). The lowest BCUT2D eigenvalue weighted by molar-refractivity contribution is -0.119. The molecule has 2 heterocycles. The first-order valence-corrected chi connectivity index (χ1v) is 8.37. The maximum atomic E-state index is 12.9. The van der Waals surface area contributed by atoms with Crippen molar-refractivity contribution in [2.75, 3.05) is 12.0 Å². The number of carbonyl (C=O) groups excluding carboxylic acids is 2. The first kappa shape index (κ1) is 17.8. The minimum atomic E-state index is -0.845. The van der Waals surface area contributed by atoms with Gasteiger partial charge in [0, 0.05) is 5.92 Å². The molecule has 0 radical (unpaired) electrons. The summed E-state index contributed by atoms with van der Waals surface area (Å²) in [6.45, 7) is 5.23. The number of rotatable bonds is 5. The van der Waals surface area contributed by atoms with Crippen LogP contribution in [0.25, 0.3) is 0 Å². The quantitative estimate of drug-likeness (QED) is 0.884. The van der Waals surface area contributed by atoms with Crippen LogP contribution in [0.2, 0.25) is 0 Å². The minimum absolute atomic E-state index is 0.0465. The Hall–Kier alpha value is -3.02. The van der Waals surface area contributed by atoms with Gasteiger partial charge in [-0.15, -0.1) is 0 Å². The molecule has 1 aliphatic heterocycles. The smallest absolute Gasteiger partial charge is 0.294 e. The van der Waals surface area contributed by atoms with Gasteiger partial charge in [-0.05, 0) is 31.2 Å². The summed E-state index contributed by atoms with van der Waals surface area (Å²) >= 11 is 0. The van der Waals surface area contributed by atoms with Crippen LogP contribution in [0.15, 0.2) is 52.1 Å². The predicted molar refractivity (Wildman–Crippen MR) is 96.2 cm³/mol. The Labute approximate surface area is 151 Å². The summed E-state index contributed by atoms with van der Waals surface area (Å²) in [6.07, 6.45) is 0. The largest absolute Gasteiger partial charge is 0.503 e. The fourth-order valence-electron chi connectivity index (χ4n) is 3.11. The lowest BCUT2D eigenvalue weighted by Gasteiger charge is -2.26. The van der Waals surface area contributed by atoms with E-state index in [1.54, 1.807) is 57.2 Å². The van der Waals surface area contributed by atoms with Crippen molar-refractivity contribution in [2.24, 2.45) is 5.92 Å². The maximum absolute atomic E-state index is 12.9. The number of hydrogen-bond donors (Lipinski definition) is 1. The van der Waals surface area contributed by atoms with E-state index in [-0.39, 0.29) is 17.3 Å². The number of amides is 1. The average Bonchev–Trinajstić information content (AvgIpc) is 3.16. The third-order valence-electron chi connectivity index (χ3n) is 4.37. The standard InChI is InChI=1S/C20H21NO5/c1-11(2)18(22)16-17(15-10-9-12(3)26-15)21(20(24)19(16)23)13-7-5-6-8-14(13)25-4/h5-11,17,23H,1-4H3. The highest BCUT2D eigenvalue weighted by molar-refractivity contribution is 6.17. The number of Topliss-reactive ketones (excluding diaryl/α,β-unsaturated/α-hetero) is 1. The lowest BCUT2D eigenvalue weighted by atomic mass is 9.94. The summed E-state index contributed by atoms with van der Waals surface area (Å²) in [7, 11) is 1.50. The number of hydrogen-bond acceptors (Lipinski definition) is 5. The SMILES string of the molecule is COc1ccccc1N1C(=O)C(O)=C(C(=O)C(C)C)C1c1ccc(C)o1. The van der Waals surface area contributed by atoms with E-state index in [0.717, 1.165) is 0 Å². The molecule has 1 N–H and O–H groups in total. The van der Waals surface area contributed by atoms with Gasteiger partial charge in [0.15, 0.2) is 11.5 Å². The molecule has 26 heavy (non-hydrogen) atoms. The van der Waals surface area contributed by atoms with E-state index in [2.05, 4.69) is 0 Å². The van der Waals surface area contributed by atoms with E-state index in [0.29, 0.717) is 23.0 Å². The van der Waals surface area contributed by atoms with Crippen molar-refractivity contribution in [3.8, 4) is 5.75 Å². The Morgan fingerprint density at radius 2 is 1.92 bits per heavy atom. The number of para-hydroxylation sites is 2. The molecule has 0 saturated carbocycles. The molecule has 1 unspecified atom stereocenters. The number of aliphatic hydroxyl groups excluding tert-OH is 1. The summed E-state index contributed by atoms with van der Waals surface area (Å²) in [5.41, 5.74) is 0.502. The second-order valence-electron chi connectivity index (χ2n) is 6.48. The van der Waals surface area contributed by atoms with Gasteiger partial charge < -0.3 is 14.3 Å². The number of furan rings is 1. The van der Waals surface area contributed by atoms with Crippen molar-refractivity contribution in [1.82, 2.24) is 0 Å². The summed E-state index contributed by atoms with van der Waals surface area (Å²) in [4.78, 5) is 27.0. The maximum Gasteiger partial charge on any atom is 0.294 e. The van der Waals surface area contributed by atoms with E-state index in [4.69, 9.17) is 9.15 Å². The number of carbonyl (C=O) groups is 2. The van der Waals surface area contributed by atoms with Gasteiger partial charge in [-0.25, -0.2) is 0 Å². The van der Waals surface area contributed by atoms with Crippen molar-refractivity contribution in [2.45, 2.75) is 26.8 Å². The monoisotopic (exact) mass is 355 g/mol. The molecule has 1 aliphatic rings. The van der Waals surface area contributed by atoms with Crippen LogP contribution in [-0.4, -0.2) is 23.9 Å². The van der Waals surface area contributed by atoms with Gasteiger partial charge in [-0.3, -0.25) is 14.5 Å². The third kappa shape index (κ3) is 2.77. The molecule has 0 spiro atoms. The fourth-order valence-corrected chi connectivity index (χ4v) is 3.11. The van der Waals surface area contributed by atoms with Crippen molar-refractivity contribution in [3.05, 3.63) is 59.3 Å². The summed E-state index contributed by atoms with van der Waals surface area (Å²) < 4.78 is 11.1. The van der Waals surface area contributed by atoms with E-state index in [1.807, 2.05) is 0 Å². The van der Waals surface area contributed by atoms with Crippen LogP contribution in [-0.2, 0) is 9.59 Å². The molecule has 1 aromatic heterocycles. The fraction of sp³-hybridized carbons (Fsp3) is 0.300. The molecule has 0 saturated heterocycles. The third-order valence-corrected chi connectivity index (χ3v) is 4.37. The number of benzene rings is 1. The number of nitrogens with zero attached hydrogens (tertiary/aromatic N) is 1. The normalized spacial score (nSPS) is 17.3. The van der Waals surface area contributed by atoms with Gasteiger partial charge in [0.1, 0.15) is 23.3 Å². The highest BCUT2D eigenvalue weighted by Gasteiger charge is 2.47. The Morgan fingerprint density at radius 3 is 2.50 bits per heavy atom. The predicted octanol–water partition coefficient (Wildman–Crippen LogP) is 3.72. The molecular formula is C20H21NO5. The second kappa shape index (κ2) is 6.71. The van der Waals surface area contributed by atoms with E-state index < -0.39 is 17.7 Å². The van der Waals surface area contributed by atoms with Gasteiger partial charge in [0.2, 0.25) is 0 Å². The van der Waals surface area contributed by atoms with Gasteiger partial charge >= 0.3 is 0 Å². The topological polar surface area (TPSA) is 80.0 Å². The first-order valence-electron chi connectivity index (χ1n) is 8.37. The van der Waals surface area contributed by atoms with Crippen molar-refractivity contribution in [1.29, 1.82) is 0 Å². The molecular weight excluding hydrogens is 334 g/mol. The molecule has 1 atom stereocenters. The summed E-state index contributed by atoms with van der Waals surface area (Å²) in [5.74, 6) is -0.361. The second-order valence-corrected chi connectivity index (χ2v) is 6.48. The molecule has 0 fully saturated rings. The number of anilines is 1. The Kier molecular flexibility index (Phi) is 4.59. The number of ketones is 1. The minimum Gasteiger partial charge on any atom is -0.503 e. The van der Waals surface area contributed by atoms with Crippen LogP contribution in [0.5, 0.6) is 5.75 Å². The Balaban J connectivity index is 2.21. The van der Waals surface area contributed by atoms with E-state index in [9.17, 15) is 14.7 Å². The van der Waals surface area contributed by atoms with E-state index in [1.165, 1.54) is 12.0 Å². The molecule has 0 bridgehead atoms. The molecule has 6 heteroatoms. The summed E-state index contributed by atoms with van der Waals surface area (Å²) in [5, 5.41) is 10.5. The van der Waals surface area contributed by atoms with Crippen LogP contribution in [0.3, 0.4) is 0 Å². The highest BCUT2D eigenvalue weighted by Crippen LogP contribution is 2.44. The number of ether oxygens (including phenoxy) is 1. The zero-order valence-corrected chi connectivity index (χ0v) is 15.1. The zero-order valence-electron chi connectivity index (χ0n) is 15.1. The highest BCUT2D eigenvalue weighted by atomic mass is 16.5. The number of aryl methyl sites for hydroxylation is 1. The number of aliphatic hydroxyl groups is 1. The Morgan fingerprint density at radius 1 is 1.23 bits per heavy atom. The van der Waals surface area contributed by atoms with Crippen LogP contribution in [0.4, 0.5) is 5.69 Å². The van der Waals surface area contributed by atoms with Gasteiger partial charge in [0.25, 0.3) is 5.91 Å². The molecule has 1 amide bonds. The molecule has 6 nitrogen and oxygen atoms in total. The molecule has 2 aromatic rings. The van der Waals surface area contributed by atoms with Crippen molar-refractivity contribution < 1.29 is 23.8 Å². The first-order chi connectivity index (χ1) is 12.4. The van der Waals surface area contributed by atoms with Gasteiger partial charge in [-0.2, -0.15) is 0 Å². The summed E-state index contributed by atoms with van der Waals surface area (Å²) in [6, 6.07) is 9.58. The average molecular weight is 355 g/mol. The van der Waals surface area contributed by atoms with Gasteiger partial charge in [-0.1, -0.05) is 26.0 Å². The van der Waals surface area contributed by atoms with Crippen LogP contribution < -0.4 is 9.64 Å². The zero-order chi connectivity index (χ0) is 19.0. The van der Waals surface area contributed by atoms with E-state index >= 15 is 0 Å². The van der Waals surface area contributed by atoms with Crippen molar-refractivity contribution in [3.63, 3.8) is 0 Å². The van der Waals surface area contributed by atoms with Crippen LogP contribution in [0, 0.1) is 12.8 Å². The van der Waals surface area contributed by atoms with Crippen LogP contribution >= 0.6 is 0 Å². The lowest BCUT2D eigenvalue weighted by Crippen LogP contribution is -2.31. The molecule has 1 aromatic carbocycles. The molecule has 136 valence electrons. The van der Waals surface area contributed by atoms with Gasteiger partial charge in [0.05, 0.1) is 18.4 Å². The number of methoxy groups -OCH3 is 1. The van der Waals surface area contributed by atoms with Crippen LogP contribution in [0.1, 0.15) is 31.4 Å². The Bertz CT molecular complexity index is 893. The molecule has 0 aliphatic carbocycles.